The van der Waals surface area contributed by atoms with Gasteiger partial charge in [-0.3, -0.25) is 4.79 Å². The largest absolute Gasteiger partial charge is 0.497 e. The second-order valence-corrected chi connectivity index (χ2v) is 6.68. The van der Waals surface area contributed by atoms with Gasteiger partial charge in [-0.15, -0.1) is 11.3 Å². The molecule has 7 heteroatoms. The lowest BCUT2D eigenvalue weighted by atomic mass is 10.2. The Balaban J connectivity index is 1.73. The number of ether oxygens (including phenoxy) is 2. The van der Waals surface area contributed by atoms with Crippen molar-refractivity contribution in [1.82, 2.24) is 9.88 Å². The summed E-state index contributed by atoms with van der Waals surface area (Å²) in [5, 5.41) is 2.41. The van der Waals surface area contributed by atoms with Crippen LogP contribution in [0.5, 0.6) is 5.75 Å². The molecule has 0 atom stereocenters. The summed E-state index contributed by atoms with van der Waals surface area (Å²) >= 11 is 1.37. The van der Waals surface area contributed by atoms with E-state index in [1.54, 1.807) is 43.7 Å². The van der Waals surface area contributed by atoms with Crippen molar-refractivity contribution >= 4 is 23.2 Å². The van der Waals surface area contributed by atoms with Crippen LogP contribution in [0.1, 0.15) is 45.6 Å². The van der Waals surface area contributed by atoms with Crippen LogP contribution < -0.4 is 4.74 Å². The molecule has 1 aromatic carbocycles. The lowest BCUT2D eigenvalue weighted by Crippen LogP contribution is -2.32. The monoisotopic (exact) mass is 360 g/mol. The minimum absolute atomic E-state index is 0.0296. The van der Waals surface area contributed by atoms with Crippen LogP contribution >= 0.6 is 11.3 Å². The lowest BCUT2D eigenvalue weighted by molar-refractivity contribution is 0.0520. The van der Waals surface area contributed by atoms with Crippen molar-refractivity contribution in [2.24, 2.45) is 0 Å². The van der Waals surface area contributed by atoms with E-state index in [4.69, 9.17) is 9.47 Å². The van der Waals surface area contributed by atoms with Crippen molar-refractivity contribution in [3.05, 3.63) is 45.9 Å². The van der Waals surface area contributed by atoms with Crippen molar-refractivity contribution in [3.63, 3.8) is 0 Å². The molecule has 6 nitrogen and oxygen atoms in total. The highest BCUT2D eigenvalue weighted by Crippen LogP contribution is 2.30. The van der Waals surface area contributed by atoms with E-state index in [1.807, 2.05) is 4.90 Å². The number of benzene rings is 1. The third kappa shape index (κ3) is 4.17. The third-order valence-corrected chi connectivity index (χ3v) is 4.76. The zero-order valence-corrected chi connectivity index (χ0v) is 15.0. The van der Waals surface area contributed by atoms with Crippen molar-refractivity contribution in [2.45, 2.75) is 32.4 Å². The molecule has 1 aliphatic carbocycles. The molecule has 0 unspecified atom stereocenters. The van der Waals surface area contributed by atoms with Crippen molar-refractivity contribution in [3.8, 4) is 5.75 Å². The predicted octanol–water partition coefficient (Wildman–Crippen LogP) is 3.13. The summed E-state index contributed by atoms with van der Waals surface area (Å²) in [7, 11) is 1.59. The number of carbonyl (C=O) groups is 2. The summed E-state index contributed by atoms with van der Waals surface area (Å²) in [6.07, 6.45) is 2.00. The second kappa shape index (κ2) is 7.65. The van der Waals surface area contributed by atoms with E-state index in [9.17, 15) is 9.59 Å². The molecule has 0 N–H and O–H groups in total. The molecule has 0 spiro atoms. The first-order valence-electron chi connectivity index (χ1n) is 8.19. The molecule has 1 aliphatic rings. The van der Waals surface area contributed by atoms with E-state index in [1.165, 1.54) is 11.3 Å². The highest BCUT2D eigenvalue weighted by molar-refractivity contribution is 7.09. The Morgan fingerprint density at radius 2 is 2.00 bits per heavy atom. The molecule has 25 heavy (non-hydrogen) atoms. The number of rotatable bonds is 7. The highest BCUT2D eigenvalue weighted by atomic mass is 32.1. The summed E-state index contributed by atoms with van der Waals surface area (Å²) < 4.78 is 10.1. The molecule has 2 aromatic rings. The number of thiazole rings is 1. The van der Waals surface area contributed by atoms with Gasteiger partial charge < -0.3 is 14.4 Å². The first-order valence-corrected chi connectivity index (χ1v) is 9.07. The maximum atomic E-state index is 12.8. The predicted molar refractivity (Wildman–Crippen MR) is 94.0 cm³/mol. The lowest BCUT2D eigenvalue weighted by Gasteiger charge is -2.21. The number of carbonyl (C=O) groups excluding carboxylic acids is 2. The smallest absolute Gasteiger partial charge is 0.357 e. The number of amides is 1. The minimum atomic E-state index is -0.426. The molecule has 1 aromatic heterocycles. The fraction of sp³-hybridized carbons (Fsp3) is 0.389. The van der Waals surface area contributed by atoms with Crippen LogP contribution in [0.2, 0.25) is 0 Å². The van der Waals surface area contributed by atoms with Gasteiger partial charge in [0.15, 0.2) is 5.69 Å². The van der Waals surface area contributed by atoms with Gasteiger partial charge in [-0.25, -0.2) is 9.78 Å². The molecule has 1 fully saturated rings. The summed E-state index contributed by atoms with van der Waals surface area (Å²) in [4.78, 5) is 30.7. The van der Waals surface area contributed by atoms with Crippen LogP contribution in [0.25, 0.3) is 0 Å². The fourth-order valence-corrected chi connectivity index (χ4v) is 3.24. The molecule has 0 bridgehead atoms. The minimum Gasteiger partial charge on any atom is -0.497 e. The number of methoxy groups -OCH3 is 1. The Bertz CT molecular complexity index is 753. The Morgan fingerprint density at radius 3 is 2.60 bits per heavy atom. The number of hydrogen-bond donors (Lipinski definition) is 0. The van der Waals surface area contributed by atoms with Gasteiger partial charge in [0.25, 0.3) is 5.91 Å². The van der Waals surface area contributed by atoms with Crippen LogP contribution in [-0.2, 0) is 11.3 Å². The zero-order chi connectivity index (χ0) is 17.8. The molecule has 1 amide bonds. The molecule has 0 aliphatic heterocycles. The standard InChI is InChI=1S/C18H20N2O4S/c1-3-24-18(22)15-11-25-16(19-15)10-20(13-6-7-13)17(21)12-4-8-14(23-2)9-5-12/h4-5,8-9,11,13H,3,6-7,10H2,1-2H3. The molecule has 1 heterocycles. The molecular weight excluding hydrogens is 340 g/mol. The van der Waals surface area contributed by atoms with E-state index in [-0.39, 0.29) is 11.9 Å². The molecular formula is C18H20N2O4S. The van der Waals surface area contributed by atoms with Crippen LogP contribution in [0.3, 0.4) is 0 Å². The van der Waals surface area contributed by atoms with Crippen molar-refractivity contribution < 1.29 is 19.1 Å². The van der Waals surface area contributed by atoms with Crippen LogP contribution in [0.4, 0.5) is 0 Å². The zero-order valence-electron chi connectivity index (χ0n) is 14.2. The quantitative estimate of drug-likeness (QED) is 0.710. The first-order chi connectivity index (χ1) is 12.1. The Labute approximate surface area is 150 Å². The summed E-state index contributed by atoms with van der Waals surface area (Å²) in [6, 6.07) is 7.33. The van der Waals surface area contributed by atoms with Gasteiger partial charge in [-0.05, 0) is 44.0 Å². The van der Waals surface area contributed by atoms with Crippen LogP contribution in [0, 0.1) is 0 Å². The van der Waals surface area contributed by atoms with E-state index in [2.05, 4.69) is 4.98 Å². The average Bonchev–Trinajstić information content (AvgIpc) is 3.37. The fourth-order valence-electron chi connectivity index (χ4n) is 2.48. The maximum Gasteiger partial charge on any atom is 0.357 e. The van der Waals surface area contributed by atoms with Gasteiger partial charge in [-0.1, -0.05) is 0 Å². The van der Waals surface area contributed by atoms with Gasteiger partial charge in [0.05, 0.1) is 20.3 Å². The van der Waals surface area contributed by atoms with Crippen molar-refractivity contribution in [2.75, 3.05) is 13.7 Å². The summed E-state index contributed by atoms with van der Waals surface area (Å²) in [5.74, 6) is 0.260. The maximum absolute atomic E-state index is 12.8. The topological polar surface area (TPSA) is 68.7 Å². The summed E-state index contributed by atoms with van der Waals surface area (Å²) in [5.41, 5.74) is 0.921. The molecule has 3 rings (SSSR count). The molecule has 132 valence electrons. The highest BCUT2D eigenvalue weighted by Gasteiger charge is 2.33. The second-order valence-electron chi connectivity index (χ2n) is 5.74. The first kappa shape index (κ1) is 17.4. The number of esters is 1. The Kier molecular flexibility index (Phi) is 5.33. The number of nitrogens with zero attached hydrogens (tertiary/aromatic N) is 2. The molecule has 0 saturated heterocycles. The van der Waals surface area contributed by atoms with E-state index in [0.717, 1.165) is 17.8 Å². The third-order valence-electron chi connectivity index (χ3n) is 3.93. The van der Waals surface area contributed by atoms with E-state index in [0.29, 0.717) is 30.2 Å². The average molecular weight is 360 g/mol. The molecule has 0 radical (unpaired) electrons. The van der Waals surface area contributed by atoms with E-state index >= 15 is 0 Å². The normalized spacial score (nSPS) is 13.4. The summed E-state index contributed by atoms with van der Waals surface area (Å²) in [6.45, 7) is 2.48. The van der Waals surface area contributed by atoms with Gasteiger partial charge in [-0.2, -0.15) is 0 Å². The van der Waals surface area contributed by atoms with Crippen molar-refractivity contribution in [1.29, 1.82) is 0 Å². The Morgan fingerprint density at radius 1 is 1.28 bits per heavy atom. The van der Waals surface area contributed by atoms with Crippen LogP contribution in [0.15, 0.2) is 29.6 Å². The number of hydrogen-bond acceptors (Lipinski definition) is 6. The van der Waals surface area contributed by atoms with Gasteiger partial charge in [0.1, 0.15) is 10.8 Å². The molecule has 1 saturated carbocycles. The van der Waals surface area contributed by atoms with Gasteiger partial charge >= 0.3 is 5.97 Å². The SMILES string of the molecule is CCOC(=O)c1csc(CN(C(=O)c2ccc(OC)cc2)C2CC2)n1. The van der Waals surface area contributed by atoms with E-state index < -0.39 is 5.97 Å². The van der Waals surface area contributed by atoms with Gasteiger partial charge in [0.2, 0.25) is 0 Å². The van der Waals surface area contributed by atoms with Gasteiger partial charge in [0, 0.05) is 17.0 Å². The Hall–Kier alpha value is -2.41. The van der Waals surface area contributed by atoms with Crippen LogP contribution in [-0.4, -0.2) is 41.5 Å². The number of aromatic nitrogens is 1.